The van der Waals surface area contributed by atoms with E-state index in [-0.39, 0.29) is 29.2 Å². The standard InChI is InChI=1S/C25H29FN4O3S/c1-3-4-5-6-15-33-21-13-11-20(12-14-21)30-23(31)16-22(24(30)32)34-25(27)29-28-17(2)18-7-9-19(26)10-8-18/h7-14,22H,3-6,15-16H2,1-2H3,(H2,27,29)/b28-17-/t22-/m1/s1. The van der Waals surface area contributed by atoms with Crippen molar-refractivity contribution in [3.63, 3.8) is 0 Å². The highest BCUT2D eigenvalue weighted by atomic mass is 32.2. The van der Waals surface area contributed by atoms with Gasteiger partial charge in [0.25, 0.3) is 0 Å². The van der Waals surface area contributed by atoms with Crippen molar-refractivity contribution in [2.24, 2.45) is 15.9 Å². The maximum atomic E-state index is 13.1. The first-order valence-corrected chi connectivity index (χ1v) is 12.2. The maximum Gasteiger partial charge on any atom is 0.247 e. The molecule has 0 spiro atoms. The van der Waals surface area contributed by atoms with Crippen LogP contribution in [0.4, 0.5) is 10.1 Å². The number of imide groups is 1. The Labute approximate surface area is 203 Å². The van der Waals surface area contributed by atoms with E-state index in [1.165, 1.54) is 29.9 Å². The van der Waals surface area contributed by atoms with Gasteiger partial charge >= 0.3 is 0 Å². The molecule has 1 aliphatic rings. The van der Waals surface area contributed by atoms with Crippen molar-refractivity contribution in [2.75, 3.05) is 11.5 Å². The smallest absolute Gasteiger partial charge is 0.247 e. The second-order valence-corrected chi connectivity index (χ2v) is 9.13. The van der Waals surface area contributed by atoms with E-state index in [1.54, 1.807) is 43.3 Å². The minimum Gasteiger partial charge on any atom is -0.494 e. The Morgan fingerprint density at radius 3 is 2.47 bits per heavy atom. The molecule has 3 rings (SSSR count). The molecule has 0 bridgehead atoms. The summed E-state index contributed by atoms with van der Waals surface area (Å²) in [6, 6.07) is 12.8. The van der Waals surface area contributed by atoms with Gasteiger partial charge in [-0.05, 0) is 55.3 Å². The van der Waals surface area contributed by atoms with Gasteiger partial charge in [0, 0.05) is 6.42 Å². The Hall–Kier alpha value is -3.20. The highest BCUT2D eigenvalue weighted by molar-refractivity contribution is 8.14. The number of nitrogens with zero attached hydrogens (tertiary/aromatic N) is 3. The highest BCUT2D eigenvalue weighted by Crippen LogP contribution is 2.30. The molecule has 0 radical (unpaired) electrons. The summed E-state index contributed by atoms with van der Waals surface area (Å²) in [6.07, 6.45) is 4.51. The molecule has 1 saturated heterocycles. The molecule has 0 saturated carbocycles. The van der Waals surface area contributed by atoms with Gasteiger partial charge in [0.05, 0.1) is 18.0 Å². The molecule has 0 unspecified atom stereocenters. The van der Waals surface area contributed by atoms with E-state index >= 15 is 0 Å². The molecule has 7 nitrogen and oxygen atoms in total. The second-order valence-electron chi connectivity index (χ2n) is 7.91. The van der Waals surface area contributed by atoms with Crippen LogP contribution in [0.3, 0.4) is 0 Å². The molecule has 34 heavy (non-hydrogen) atoms. The number of amides is 2. The quantitative estimate of drug-likeness (QED) is 0.170. The van der Waals surface area contributed by atoms with E-state index in [0.29, 0.717) is 29.3 Å². The fourth-order valence-electron chi connectivity index (χ4n) is 3.42. The Kier molecular flexibility index (Phi) is 9.21. The number of thioether (sulfide) groups is 1. The molecule has 9 heteroatoms. The van der Waals surface area contributed by atoms with Gasteiger partial charge < -0.3 is 10.5 Å². The lowest BCUT2D eigenvalue weighted by atomic mass is 10.1. The number of unbranched alkanes of at least 4 members (excludes halogenated alkanes) is 3. The minimum atomic E-state index is -0.674. The fraction of sp³-hybridized carbons (Fsp3) is 0.360. The van der Waals surface area contributed by atoms with Crippen molar-refractivity contribution in [2.45, 2.75) is 51.2 Å². The molecule has 0 aliphatic carbocycles. The van der Waals surface area contributed by atoms with E-state index < -0.39 is 5.25 Å². The molecule has 1 fully saturated rings. The lowest BCUT2D eigenvalue weighted by molar-refractivity contribution is -0.121. The average molecular weight is 485 g/mol. The lowest BCUT2D eigenvalue weighted by Gasteiger charge is -2.15. The van der Waals surface area contributed by atoms with Crippen LogP contribution in [0.5, 0.6) is 5.75 Å². The molecular weight excluding hydrogens is 455 g/mol. The van der Waals surface area contributed by atoms with Crippen LogP contribution in [-0.2, 0) is 9.59 Å². The van der Waals surface area contributed by atoms with Crippen molar-refractivity contribution in [1.29, 1.82) is 0 Å². The van der Waals surface area contributed by atoms with Crippen LogP contribution in [0.15, 0.2) is 58.7 Å². The van der Waals surface area contributed by atoms with Gasteiger partial charge in [-0.25, -0.2) is 9.29 Å². The molecule has 1 heterocycles. The third-order valence-corrected chi connectivity index (χ3v) is 6.27. The van der Waals surface area contributed by atoms with Gasteiger partial charge in [-0.15, -0.1) is 5.10 Å². The van der Waals surface area contributed by atoms with Crippen molar-refractivity contribution < 1.29 is 18.7 Å². The molecule has 2 amide bonds. The first kappa shape index (κ1) is 25.4. The summed E-state index contributed by atoms with van der Waals surface area (Å²) >= 11 is 1.00. The summed E-state index contributed by atoms with van der Waals surface area (Å²) in [6.45, 7) is 4.52. The van der Waals surface area contributed by atoms with Crippen LogP contribution in [0.1, 0.15) is 51.5 Å². The summed E-state index contributed by atoms with van der Waals surface area (Å²) in [5, 5.41) is 7.40. The second kappa shape index (κ2) is 12.3. The zero-order valence-electron chi connectivity index (χ0n) is 19.4. The van der Waals surface area contributed by atoms with Crippen LogP contribution in [0, 0.1) is 5.82 Å². The summed E-state index contributed by atoms with van der Waals surface area (Å²) in [5.41, 5.74) is 7.69. The molecular formula is C25H29FN4O3S. The predicted octanol–water partition coefficient (Wildman–Crippen LogP) is 4.89. The van der Waals surface area contributed by atoms with Crippen LogP contribution >= 0.6 is 11.8 Å². The number of benzene rings is 2. The summed E-state index contributed by atoms with van der Waals surface area (Å²) in [5.74, 6) is -0.278. The molecule has 2 aromatic carbocycles. The number of anilines is 1. The number of hydrogen-bond donors (Lipinski definition) is 1. The minimum absolute atomic E-state index is 0.0239. The normalized spacial score (nSPS) is 16.9. The third kappa shape index (κ3) is 6.90. The topological polar surface area (TPSA) is 97.3 Å². The van der Waals surface area contributed by atoms with Crippen molar-refractivity contribution in [1.82, 2.24) is 0 Å². The summed E-state index contributed by atoms with van der Waals surface area (Å²) < 4.78 is 18.8. The van der Waals surface area contributed by atoms with Gasteiger partial charge in [-0.1, -0.05) is 50.1 Å². The Balaban J connectivity index is 1.58. The van der Waals surface area contributed by atoms with E-state index in [2.05, 4.69) is 17.1 Å². The molecule has 0 aromatic heterocycles. The first-order chi connectivity index (χ1) is 16.4. The van der Waals surface area contributed by atoms with E-state index in [1.807, 2.05) is 0 Å². The number of nitrogens with two attached hydrogens (primary N) is 1. The van der Waals surface area contributed by atoms with Crippen molar-refractivity contribution in [3.8, 4) is 5.75 Å². The van der Waals surface area contributed by atoms with Gasteiger partial charge in [-0.3, -0.25) is 9.59 Å². The van der Waals surface area contributed by atoms with E-state index in [0.717, 1.165) is 24.6 Å². The van der Waals surface area contributed by atoms with Gasteiger partial charge in [0.15, 0.2) is 5.17 Å². The number of ether oxygens (including phenoxy) is 1. The number of rotatable bonds is 10. The van der Waals surface area contributed by atoms with E-state index in [9.17, 15) is 14.0 Å². The Morgan fingerprint density at radius 2 is 1.79 bits per heavy atom. The molecule has 2 N–H and O–H groups in total. The fourth-order valence-corrected chi connectivity index (χ4v) is 4.23. The first-order valence-electron chi connectivity index (χ1n) is 11.3. The molecule has 180 valence electrons. The molecule has 1 atom stereocenters. The monoisotopic (exact) mass is 484 g/mol. The Bertz CT molecular complexity index is 1050. The Morgan fingerprint density at radius 1 is 1.09 bits per heavy atom. The number of carbonyl (C=O) groups is 2. The van der Waals surface area contributed by atoms with Gasteiger partial charge in [-0.2, -0.15) is 5.10 Å². The summed E-state index contributed by atoms with van der Waals surface area (Å²) in [4.78, 5) is 26.6. The zero-order valence-corrected chi connectivity index (χ0v) is 20.2. The third-order valence-electron chi connectivity index (χ3n) is 5.29. The van der Waals surface area contributed by atoms with Crippen LogP contribution < -0.4 is 15.4 Å². The highest BCUT2D eigenvalue weighted by Gasteiger charge is 2.40. The molecule has 1 aliphatic heterocycles. The van der Waals surface area contributed by atoms with Crippen LogP contribution in [0.25, 0.3) is 0 Å². The van der Waals surface area contributed by atoms with Gasteiger partial charge in [0.1, 0.15) is 16.8 Å². The summed E-state index contributed by atoms with van der Waals surface area (Å²) in [7, 11) is 0. The van der Waals surface area contributed by atoms with Crippen molar-refractivity contribution >= 4 is 40.1 Å². The SMILES string of the molecule is CCCCCCOc1ccc(N2C(=O)C[C@@H](S/C(N)=N/N=C(/C)c3ccc(F)cc3)C2=O)cc1. The molecule has 2 aromatic rings. The largest absolute Gasteiger partial charge is 0.494 e. The average Bonchev–Trinajstić information content (AvgIpc) is 3.10. The predicted molar refractivity (Wildman–Crippen MR) is 135 cm³/mol. The number of hydrogen-bond acceptors (Lipinski definition) is 6. The zero-order chi connectivity index (χ0) is 24.5. The maximum absolute atomic E-state index is 13.1. The number of halogens is 1. The van der Waals surface area contributed by atoms with E-state index in [4.69, 9.17) is 10.5 Å². The van der Waals surface area contributed by atoms with Crippen LogP contribution in [0.2, 0.25) is 0 Å². The van der Waals surface area contributed by atoms with Crippen molar-refractivity contribution in [3.05, 3.63) is 59.9 Å². The number of amidine groups is 1. The number of carbonyl (C=O) groups excluding carboxylic acids is 2. The lowest BCUT2D eigenvalue weighted by Crippen LogP contribution is -2.31. The van der Waals surface area contributed by atoms with Gasteiger partial charge in [0.2, 0.25) is 11.8 Å². The van der Waals surface area contributed by atoms with Crippen LogP contribution in [-0.4, -0.2) is 34.6 Å².